The van der Waals surface area contributed by atoms with Crippen LogP contribution in [0.1, 0.15) is 36.6 Å². The predicted octanol–water partition coefficient (Wildman–Crippen LogP) is 4.47. The zero-order valence-electron chi connectivity index (χ0n) is 12.8. The number of aliphatic hydroxyl groups is 1. The van der Waals surface area contributed by atoms with Gasteiger partial charge in [0.15, 0.2) is 0 Å². The van der Waals surface area contributed by atoms with Gasteiger partial charge in [-0.25, -0.2) is 0 Å². The van der Waals surface area contributed by atoms with Gasteiger partial charge in [-0.15, -0.1) is 0 Å². The average molecular weight is 306 g/mol. The highest BCUT2D eigenvalue weighted by molar-refractivity contribution is 6.32. The van der Waals surface area contributed by atoms with Crippen LogP contribution in [0.2, 0.25) is 5.02 Å². The molecule has 2 rings (SSSR count). The lowest BCUT2D eigenvalue weighted by Gasteiger charge is -2.20. The maximum Gasteiger partial charge on any atom is 0.133 e. The standard InChI is InChI=1S/C17H20ClNO2/c1-5-21-17-14(12(4)20)7-15(18)11(3)16(17)13-6-10(2)8-19-9-13/h6-9,12,20H,5H2,1-4H3. The lowest BCUT2D eigenvalue weighted by molar-refractivity contribution is 0.192. The number of benzene rings is 1. The minimum Gasteiger partial charge on any atom is -0.493 e. The smallest absolute Gasteiger partial charge is 0.133 e. The molecule has 1 atom stereocenters. The van der Waals surface area contributed by atoms with E-state index < -0.39 is 6.10 Å². The second kappa shape index (κ2) is 6.46. The van der Waals surface area contributed by atoms with Gasteiger partial charge in [0.2, 0.25) is 0 Å². The van der Waals surface area contributed by atoms with E-state index in [-0.39, 0.29) is 0 Å². The summed E-state index contributed by atoms with van der Waals surface area (Å²) in [6, 6.07) is 3.82. The fraction of sp³-hybridized carbons (Fsp3) is 0.353. The summed E-state index contributed by atoms with van der Waals surface area (Å²) in [6.45, 7) is 8.10. The molecule has 0 aliphatic rings. The topological polar surface area (TPSA) is 42.4 Å². The quantitative estimate of drug-likeness (QED) is 0.906. The molecule has 21 heavy (non-hydrogen) atoms. The first-order valence-electron chi connectivity index (χ1n) is 7.01. The fourth-order valence-electron chi connectivity index (χ4n) is 2.39. The maximum atomic E-state index is 10.0. The highest BCUT2D eigenvalue weighted by Crippen LogP contribution is 2.42. The third-order valence-corrected chi connectivity index (χ3v) is 3.80. The van der Waals surface area contributed by atoms with E-state index in [1.807, 2.05) is 26.8 Å². The van der Waals surface area contributed by atoms with Gasteiger partial charge in [0.25, 0.3) is 0 Å². The highest BCUT2D eigenvalue weighted by Gasteiger charge is 2.20. The molecule has 1 aromatic carbocycles. The van der Waals surface area contributed by atoms with E-state index in [4.69, 9.17) is 16.3 Å². The fourth-order valence-corrected chi connectivity index (χ4v) is 2.61. The number of aromatic nitrogens is 1. The number of hydrogen-bond acceptors (Lipinski definition) is 3. The Bertz CT molecular complexity index is 653. The van der Waals surface area contributed by atoms with Crippen molar-refractivity contribution in [2.24, 2.45) is 0 Å². The van der Waals surface area contributed by atoms with Crippen LogP contribution < -0.4 is 4.74 Å². The van der Waals surface area contributed by atoms with E-state index in [2.05, 4.69) is 4.98 Å². The van der Waals surface area contributed by atoms with E-state index >= 15 is 0 Å². The van der Waals surface area contributed by atoms with E-state index in [1.54, 1.807) is 25.4 Å². The van der Waals surface area contributed by atoms with Crippen LogP contribution in [0.25, 0.3) is 11.1 Å². The van der Waals surface area contributed by atoms with Crippen LogP contribution in [0.3, 0.4) is 0 Å². The van der Waals surface area contributed by atoms with E-state index in [0.29, 0.717) is 22.9 Å². The molecule has 1 heterocycles. The van der Waals surface area contributed by atoms with E-state index in [0.717, 1.165) is 22.3 Å². The second-order valence-corrected chi connectivity index (χ2v) is 5.54. The van der Waals surface area contributed by atoms with Gasteiger partial charge >= 0.3 is 0 Å². The van der Waals surface area contributed by atoms with Crippen molar-refractivity contribution >= 4 is 11.6 Å². The van der Waals surface area contributed by atoms with Crippen molar-refractivity contribution in [2.75, 3.05) is 6.61 Å². The van der Waals surface area contributed by atoms with Gasteiger partial charge in [0.05, 0.1) is 12.7 Å². The minimum absolute atomic E-state index is 0.521. The number of ether oxygens (including phenoxy) is 1. The molecular weight excluding hydrogens is 286 g/mol. The summed E-state index contributed by atoms with van der Waals surface area (Å²) < 4.78 is 5.81. The summed E-state index contributed by atoms with van der Waals surface area (Å²) in [5.41, 5.74) is 4.53. The first-order valence-corrected chi connectivity index (χ1v) is 7.39. The third kappa shape index (κ3) is 3.20. The summed E-state index contributed by atoms with van der Waals surface area (Å²) in [5, 5.41) is 10.6. The number of nitrogens with zero attached hydrogens (tertiary/aromatic N) is 1. The second-order valence-electron chi connectivity index (χ2n) is 5.14. The lowest BCUT2D eigenvalue weighted by atomic mass is 9.95. The van der Waals surface area contributed by atoms with Gasteiger partial charge in [-0.3, -0.25) is 4.98 Å². The summed E-state index contributed by atoms with van der Waals surface area (Å²) in [6.07, 6.45) is 2.94. The normalized spacial score (nSPS) is 12.3. The average Bonchev–Trinajstić information content (AvgIpc) is 2.42. The molecule has 0 amide bonds. The maximum absolute atomic E-state index is 10.0. The van der Waals surface area contributed by atoms with Crippen molar-refractivity contribution in [1.82, 2.24) is 4.98 Å². The molecule has 2 aromatic rings. The Labute approximate surface area is 130 Å². The largest absolute Gasteiger partial charge is 0.493 e. The van der Waals surface area contributed by atoms with Crippen molar-refractivity contribution in [1.29, 1.82) is 0 Å². The molecule has 0 fully saturated rings. The molecule has 0 saturated heterocycles. The van der Waals surface area contributed by atoms with Crippen LogP contribution in [-0.4, -0.2) is 16.7 Å². The SMILES string of the molecule is CCOc1c(C(C)O)cc(Cl)c(C)c1-c1cncc(C)c1. The Kier molecular flexibility index (Phi) is 4.86. The number of rotatable bonds is 4. The molecule has 0 spiro atoms. The molecule has 0 saturated carbocycles. The first kappa shape index (κ1) is 15.8. The number of pyridine rings is 1. The molecule has 1 unspecified atom stereocenters. The van der Waals surface area contributed by atoms with Crippen LogP contribution in [0, 0.1) is 13.8 Å². The van der Waals surface area contributed by atoms with Gasteiger partial charge in [0.1, 0.15) is 5.75 Å². The predicted molar refractivity (Wildman–Crippen MR) is 86.0 cm³/mol. The summed E-state index contributed by atoms with van der Waals surface area (Å²) >= 11 is 6.34. The van der Waals surface area contributed by atoms with Gasteiger partial charge in [-0.2, -0.15) is 0 Å². The summed E-state index contributed by atoms with van der Waals surface area (Å²) in [5.74, 6) is 0.682. The zero-order valence-corrected chi connectivity index (χ0v) is 13.5. The Morgan fingerprint density at radius 1 is 1.29 bits per heavy atom. The van der Waals surface area contributed by atoms with Crippen molar-refractivity contribution < 1.29 is 9.84 Å². The minimum atomic E-state index is -0.652. The molecule has 1 N–H and O–H groups in total. The van der Waals surface area contributed by atoms with Crippen LogP contribution in [0.5, 0.6) is 5.75 Å². The Morgan fingerprint density at radius 2 is 2.00 bits per heavy atom. The highest BCUT2D eigenvalue weighted by atomic mass is 35.5. The Hall–Kier alpha value is -1.58. The molecule has 0 aliphatic heterocycles. The van der Waals surface area contributed by atoms with Crippen molar-refractivity contribution in [3.63, 3.8) is 0 Å². The van der Waals surface area contributed by atoms with Gasteiger partial charge in [0, 0.05) is 34.1 Å². The molecule has 4 heteroatoms. The van der Waals surface area contributed by atoms with Gasteiger partial charge in [-0.1, -0.05) is 11.6 Å². The van der Waals surface area contributed by atoms with Crippen LogP contribution in [-0.2, 0) is 0 Å². The summed E-state index contributed by atoms with van der Waals surface area (Å²) in [7, 11) is 0. The Morgan fingerprint density at radius 3 is 2.57 bits per heavy atom. The summed E-state index contributed by atoms with van der Waals surface area (Å²) in [4.78, 5) is 4.25. The zero-order chi connectivity index (χ0) is 15.6. The molecule has 3 nitrogen and oxygen atoms in total. The molecule has 0 bridgehead atoms. The van der Waals surface area contributed by atoms with Crippen molar-refractivity contribution in [3.8, 4) is 16.9 Å². The van der Waals surface area contributed by atoms with E-state index in [1.165, 1.54) is 0 Å². The van der Waals surface area contributed by atoms with Crippen LogP contribution in [0.15, 0.2) is 24.5 Å². The van der Waals surface area contributed by atoms with E-state index in [9.17, 15) is 5.11 Å². The molecule has 112 valence electrons. The third-order valence-electron chi connectivity index (χ3n) is 3.41. The monoisotopic (exact) mass is 305 g/mol. The molecule has 1 aromatic heterocycles. The van der Waals surface area contributed by atoms with Crippen LogP contribution >= 0.6 is 11.6 Å². The van der Waals surface area contributed by atoms with Crippen molar-refractivity contribution in [2.45, 2.75) is 33.8 Å². The molecule has 0 radical (unpaired) electrons. The van der Waals surface area contributed by atoms with Crippen molar-refractivity contribution in [3.05, 3.63) is 46.2 Å². The number of aliphatic hydroxyl groups excluding tert-OH is 1. The molecule has 0 aliphatic carbocycles. The lowest BCUT2D eigenvalue weighted by Crippen LogP contribution is -2.04. The van der Waals surface area contributed by atoms with Crippen LogP contribution in [0.4, 0.5) is 0 Å². The van der Waals surface area contributed by atoms with Gasteiger partial charge in [-0.05, 0) is 51.0 Å². The van der Waals surface area contributed by atoms with Gasteiger partial charge < -0.3 is 9.84 Å². The Balaban J connectivity index is 2.78. The molecular formula is C17H20ClNO2. The number of halogens is 1. The first-order chi connectivity index (χ1) is 9.95. The number of hydrogen-bond donors (Lipinski definition) is 1. The number of aryl methyl sites for hydroxylation is 1.